The number of rotatable bonds is 2. The summed E-state index contributed by atoms with van der Waals surface area (Å²) < 4.78 is 14.2. The van der Waals surface area contributed by atoms with E-state index >= 15 is 0 Å². The minimum atomic E-state index is -0.652. The van der Waals surface area contributed by atoms with Crippen LogP contribution in [0.1, 0.15) is 39.4 Å². The molecule has 1 aromatic carbocycles. The molecular formula is C16H25FN2O. The van der Waals surface area contributed by atoms with E-state index in [9.17, 15) is 9.50 Å². The molecule has 1 heterocycles. The van der Waals surface area contributed by atoms with Crippen LogP contribution in [0.15, 0.2) is 18.2 Å². The Morgan fingerprint density at radius 1 is 1.15 bits per heavy atom. The maximum atomic E-state index is 14.2. The van der Waals surface area contributed by atoms with E-state index in [-0.39, 0.29) is 11.4 Å². The van der Waals surface area contributed by atoms with Gasteiger partial charge in [-0.15, -0.1) is 0 Å². The van der Waals surface area contributed by atoms with Crippen LogP contribution in [0.25, 0.3) is 0 Å². The van der Waals surface area contributed by atoms with Crippen molar-refractivity contribution in [2.24, 2.45) is 0 Å². The van der Waals surface area contributed by atoms with E-state index in [1.54, 1.807) is 19.1 Å². The summed E-state index contributed by atoms with van der Waals surface area (Å²) in [6.45, 7) is 11.7. The lowest BCUT2D eigenvalue weighted by atomic mass is 10.0. The van der Waals surface area contributed by atoms with Gasteiger partial charge in [-0.25, -0.2) is 4.39 Å². The fourth-order valence-electron chi connectivity index (χ4n) is 2.80. The summed E-state index contributed by atoms with van der Waals surface area (Å²) in [5.74, 6) is -0.243. The fraction of sp³-hybridized carbons (Fsp3) is 0.625. The highest BCUT2D eigenvalue weighted by Gasteiger charge is 2.28. The summed E-state index contributed by atoms with van der Waals surface area (Å²) >= 11 is 0. The van der Waals surface area contributed by atoms with E-state index in [2.05, 4.69) is 30.6 Å². The van der Waals surface area contributed by atoms with Gasteiger partial charge < -0.3 is 10.0 Å². The molecule has 4 heteroatoms. The molecule has 1 aromatic rings. The van der Waals surface area contributed by atoms with Gasteiger partial charge in [-0.3, -0.25) is 4.90 Å². The smallest absolute Gasteiger partial charge is 0.146 e. The molecule has 0 saturated carbocycles. The first-order valence-corrected chi connectivity index (χ1v) is 7.27. The Morgan fingerprint density at radius 3 is 2.25 bits per heavy atom. The Balaban J connectivity index is 2.19. The van der Waals surface area contributed by atoms with Crippen molar-refractivity contribution in [3.05, 3.63) is 29.6 Å². The fourth-order valence-corrected chi connectivity index (χ4v) is 2.80. The van der Waals surface area contributed by atoms with Gasteiger partial charge in [-0.2, -0.15) is 0 Å². The number of halogens is 1. The van der Waals surface area contributed by atoms with Crippen molar-refractivity contribution in [1.29, 1.82) is 0 Å². The monoisotopic (exact) mass is 280 g/mol. The van der Waals surface area contributed by atoms with Crippen LogP contribution in [0.3, 0.4) is 0 Å². The summed E-state index contributed by atoms with van der Waals surface area (Å²) in [6.07, 6.45) is -0.652. The number of piperazine rings is 1. The zero-order valence-electron chi connectivity index (χ0n) is 12.9. The predicted octanol–water partition coefficient (Wildman–Crippen LogP) is 2.80. The van der Waals surface area contributed by atoms with Crippen LogP contribution in [0.4, 0.5) is 10.1 Å². The van der Waals surface area contributed by atoms with Gasteiger partial charge in [0.25, 0.3) is 0 Å². The molecule has 1 saturated heterocycles. The molecular weight excluding hydrogens is 255 g/mol. The van der Waals surface area contributed by atoms with Crippen LogP contribution in [0, 0.1) is 5.82 Å². The quantitative estimate of drug-likeness (QED) is 0.902. The van der Waals surface area contributed by atoms with Gasteiger partial charge in [0.05, 0.1) is 11.8 Å². The highest BCUT2D eigenvalue weighted by atomic mass is 19.1. The molecule has 0 spiro atoms. The van der Waals surface area contributed by atoms with Gasteiger partial charge in [0.1, 0.15) is 5.82 Å². The highest BCUT2D eigenvalue weighted by molar-refractivity contribution is 5.56. The standard InChI is InChI=1S/C16H25FN2O/c1-12(20)13-6-5-7-14(17)15(13)18-8-10-19(11-9-18)16(2,3)4/h5-7,12,20H,8-11H2,1-4H3/t12-/m0/s1. The summed E-state index contributed by atoms with van der Waals surface area (Å²) in [5, 5.41) is 9.84. The Bertz CT molecular complexity index is 460. The third kappa shape index (κ3) is 3.13. The predicted molar refractivity (Wildman–Crippen MR) is 80.6 cm³/mol. The number of aliphatic hydroxyl groups is 1. The molecule has 0 radical (unpaired) electrons. The first-order chi connectivity index (χ1) is 9.30. The second-order valence-corrected chi connectivity index (χ2v) is 6.50. The molecule has 1 fully saturated rings. The summed E-state index contributed by atoms with van der Waals surface area (Å²) in [4.78, 5) is 4.46. The maximum absolute atomic E-state index is 14.2. The molecule has 20 heavy (non-hydrogen) atoms. The van der Waals surface area contributed by atoms with E-state index in [0.29, 0.717) is 11.3 Å². The molecule has 3 nitrogen and oxygen atoms in total. The van der Waals surface area contributed by atoms with Crippen molar-refractivity contribution in [2.75, 3.05) is 31.1 Å². The molecule has 1 atom stereocenters. The zero-order chi connectivity index (χ0) is 14.9. The van der Waals surface area contributed by atoms with E-state index in [1.807, 2.05) is 0 Å². The summed E-state index contributed by atoms with van der Waals surface area (Å²) in [7, 11) is 0. The number of aliphatic hydroxyl groups excluding tert-OH is 1. The van der Waals surface area contributed by atoms with Gasteiger partial charge in [0.2, 0.25) is 0 Å². The Morgan fingerprint density at radius 2 is 1.75 bits per heavy atom. The van der Waals surface area contributed by atoms with E-state index in [0.717, 1.165) is 26.2 Å². The lowest BCUT2D eigenvalue weighted by molar-refractivity contribution is 0.128. The average Bonchev–Trinajstić information content (AvgIpc) is 2.37. The third-order valence-corrected chi connectivity index (χ3v) is 4.01. The molecule has 2 rings (SSSR count). The van der Waals surface area contributed by atoms with Crippen LogP contribution in [0.5, 0.6) is 0 Å². The number of hydrogen-bond donors (Lipinski definition) is 1. The number of para-hydroxylation sites is 1. The highest BCUT2D eigenvalue weighted by Crippen LogP contribution is 2.30. The van der Waals surface area contributed by atoms with Gasteiger partial charge in [-0.1, -0.05) is 12.1 Å². The minimum Gasteiger partial charge on any atom is -0.389 e. The topological polar surface area (TPSA) is 26.7 Å². The molecule has 0 unspecified atom stereocenters. The van der Waals surface area contributed by atoms with Crippen LogP contribution in [-0.2, 0) is 0 Å². The van der Waals surface area contributed by atoms with Crippen molar-refractivity contribution in [3.8, 4) is 0 Å². The average molecular weight is 280 g/mol. The third-order valence-electron chi connectivity index (χ3n) is 4.01. The first-order valence-electron chi connectivity index (χ1n) is 7.27. The van der Waals surface area contributed by atoms with E-state index in [4.69, 9.17) is 0 Å². The molecule has 0 aliphatic carbocycles. The van der Waals surface area contributed by atoms with Crippen molar-refractivity contribution in [2.45, 2.75) is 39.3 Å². The van der Waals surface area contributed by atoms with Crippen LogP contribution < -0.4 is 4.90 Å². The van der Waals surface area contributed by atoms with Crippen LogP contribution in [-0.4, -0.2) is 41.7 Å². The Kier molecular flexibility index (Phi) is 4.35. The Labute approximate surface area is 121 Å². The normalized spacial score (nSPS) is 19.2. The van der Waals surface area contributed by atoms with Crippen molar-refractivity contribution >= 4 is 5.69 Å². The van der Waals surface area contributed by atoms with E-state index in [1.165, 1.54) is 6.07 Å². The number of nitrogens with zero attached hydrogens (tertiary/aromatic N) is 2. The second-order valence-electron chi connectivity index (χ2n) is 6.50. The largest absolute Gasteiger partial charge is 0.389 e. The number of benzene rings is 1. The van der Waals surface area contributed by atoms with Crippen molar-refractivity contribution in [3.63, 3.8) is 0 Å². The number of anilines is 1. The SMILES string of the molecule is C[C@H](O)c1cccc(F)c1N1CCN(C(C)(C)C)CC1. The zero-order valence-corrected chi connectivity index (χ0v) is 12.9. The van der Waals surface area contributed by atoms with Crippen molar-refractivity contribution < 1.29 is 9.50 Å². The number of hydrogen-bond acceptors (Lipinski definition) is 3. The van der Waals surface area contributed by atoms with Crippen LogP contribution in [0.2, 0.25) is 0 Å². The lowest BCUT2D eigenvalue weighted by Crippen LogP contribution is -2.53. The van der Waals surface area contributed by atoms with Gasteiger partial charge in [0.15, 0.2) is 0 Å². The lowest BCUT2D eigenvalue weighted by Gasteiger charge is -2.43. The molecule has 1 aliphatic heterocycles. The summed E-state index contributed by atoms with van der Waals surface area (Å²) in [5.41, 5.74) is 1.39. The maximum Gasteiger partial charge on any atom is 0.146 e. The molecule has 1 N–H and O–H groups in total. The molecule has 0 amide bonds. The minimum absolute atomic E-state index is 0.147. The van der Waals surface area contributed by atoms with Gasteiger partial charge in [0, 0.05) is 37.3 Å². The second kappa shape index (κ2) is 5.70. The first kappa shape index (κ1) is 15.3. The summed E-state index contributed by atoms with van der Waals surface area (Å²) in [6, 6.07) is 4.93. The van der Waals surface area contributed by atoms with Gasteiger partial charge >= 0.3 is 0 Å². The Hall–Kier alpha value is -1.13. The molecule has 0 bridgehead atoms. The molecule has 112 valence electrons. The van der Waals surface area contributed by atoms with Gasteiger partial charge in [-0.05, 0) is 33.8 Å². The van der Waals surface area contributed by atoms with E-state index < -0.39 is 6.10 Å². The molecule has 1 aliphatic rings. The van der Waals surface area contributed by atoms with Crippen LogP contribution >= 0.6 is 0 Å². The molecule has 0 aromatic heterocycles. The van der Waals surface area contributed by atoms with Crippen molar-refractivity contribution in [1.82, 2.24) is 4.90 Å².